The van der Waals surface area contributed by atoms with Crippen LogP contribution in [0.2, 0.25) is 5.02 Å². The summed E-state index contributed by atoms with van der Waals surface area (Å²) in [4.78, 5) is 0. The predicted octanol–water partition coefficient (Wildman–Crippen LogP) is 3.31. The highest BCUT2D eigenvalue weighted by Crippen LogP contribution is 2.20. The summed E-state index contributed by atoms with van der Waals surface area (Å²) < 4.78 is 12.7. The summed E-state index contributed by atoms with van der Waals surface area (Å²) in [5.74, 6) is -0.399. The molecule has 1 rings (SSSR count). The molecule has 0 spiro atoms. The third-order valence-electron chi connectivity index (χ3n) is 1.81. The lowest BCUT2D eigenvalue weighted by atomic mass is 10.1. The molecule has 74 valence electrons. The van der Waals surface area contributed by atoms with Crippen molar-refractivity contribution >= 4 is 24.0 Å². The maximum Gasteiger partial charge on any atom is 0.141 e. The summed E-state index contributed by atoms with van der Waals surface area (Å²) in [6.45, 7) is 1.97. The fourth-order valence-electron chi connectivity index (χ4n) is 0.979. The largest absolute Gasteiger partial charge is 0.324 e. The molecule has 0 radical (unpaired) electrons. The highest BCUT2D eigenvalue weighted by molar-refractivity contribution is 6.30. The van der Waals surface area contributed by atoms with Crippen molar-refractivity contribution in [1.29, 1.82) is 0 Å². The molecule has 0 fully saturated rings. The minimum atomic E-state index is -0.399. The van der Waals surface area contributed by atoms with Crippen LogP contribution in [0.25, 0.3) is 0 Å². The fourth-order valence-corrected chi connectivity index (χ4v) is 1.17. The highest BCUT2D eigenvalue weighted by atomic mass is 35.5. The van der Waals surface area contributed by atoms with E-state index in [1.165, 1.54) is 6.07 Å². The van der Waals surface area contributed by atoms with Crippen molar-refractivity contribution in [1.82, 2.24) is 0 Å². The van der Waals surface area contributed by atoms with Gasteiger partial charge in [0.15, 0.2) is 0 Å². The number of benzene rings is 1. The van der Waals surface area contributed by atoms with Crippen molar-refractivity contribution in [2.24, 2.45) is 5.73 Å². The van der Waals surface area contributed by atoms with Crippen LogP contribution in [-0.4, -0.2) is 0 Å². The zero-order valence-electron chi connectivity index (χ0n) is 7.26. The Morgan fingerprint density at radius 3 is 2.62 bits per heavy atom. The average Bonchev–Trinajstić information content (AvgIpc) is 2.08. The summed E-state index contributed by atoms with van der Waals surface area (Å²) >= 11 is 5.58. The lowest BCUT2D eigenvalue weighted by Gasteiger charge is -2.08. The zero-order valence-corrected chi connectivity index (χ0v) is 8.83. The van der Waals surface area contributed by atoms with Crippen molar-refractivity contribution in [2.45, 2.75) is 19.4 Å². The maximum absolute atomic E-state index is 12.7. The van der Waals surface area contributed by atoms with Crippen LogP contribution in [-0.2, 0) is 0 Å². The van der Waals surface area contributed by atoms with E-state index in [1.54, 1.807) is 12.1 Å². The Kier molecular flexibility index (Phi) is 5.30. The molecule has 1 atom stereocenters. The number of nitrogens with two attached hydrogens (primary N) is 1. The third-order valence-corrected chi connectivity index (χ3v) is 2.10. The second-order valence-electron chi connectivity index (χ2n) is 2.69. The van der Waals surface area contributed by atoms with Crippen LogP contribution < -0.4 is 5.73 Å². The summed E-state index contributed by atoms with van der Waals surface area (Å²) in [5.41, 5.74) is 6.61. The normalized spacial score (nSPS) is 12.0. The van der Waals surface area contributed by atoms with Gasteiger partial charge in [-0.2, -0.15) is 0 Å². The lowest BCUT2D eigenvalue weighted by Crippen LogP contribution is -2.08. The van der Waals surface area contributed by atoms with Gasteiger partial charge in [0.05, 0.1) is 5.02 Å². The topological polar surface area (TPSA) is 26.0 Å². The van der Waals surface area contributed by atoms with Crippen LogP contribution in [0.4, 0.5) is 4.39 Å². The van der Waals surface area contributed by atoms with E-state index < -0.39 is 5.82 Å². The van der Waals surface area contributed by atoms with Crippen LogP contribution in [0, 0.1) is 5.82 Å². The molecule has 1 aromatic carbocycles. The zero-order chi connectivity index (χ0) is 9.14. The third kappa shape index (κ3) is 3.14. The monoisotopic (exact) mass is 223 g/mol. The van der Waals surface area contributed by atoms with Crippen molar-refractivity contribution in [2.75, 3.05) is 0 Å². The number of halogens is 3. The lowest BCUT2D eigenvalue weighted by molar-refractivity contribution is 0.624. The molecule has 0 aliphatic rings. The maximum atomic E-state index is 12.7. The summed E-state index contributed by atoms with van der Waals surface area (Å²) in [6, 6.07) is 4.52. The van der Waals surface area contributed by atoms with Gasteiger partial charge in [-0.25, -0.2) is 4.39 Å². The van der Waals surface area contributed by atoms with Gasteiger partial charge in [0.1, 0.15) is 5.82 Å². The van der Waals surface area contributed by atoms with Crippen LogP contribution in [0.15, 0.2) is 18.2 Å². The van der Waals surface area contributed by atoms with E-state index in [1.807, 2.05) is 6.92 Å². The van der Waals surface area contributed by atoms with Crippen LogP contribution in [0.5, 0.6) is 0 Å². The van der Waals surface area contributed by atoms with E-state index in [-0.39, 0.29) is 23.5 Å². The smallest absolute Gasteiger partial charge is 0.141 e. The van der Waals surface area contributed by atoms with Crippen molar-refractivity contribution in [3.8, 4) is 0 Å². The van der Waals surface area contributed by atoms with Gasteiger partial charge in [-0.05, 0) is 24.1 Å². The fraction of sp³-hybridized carbons (Fsp3) is 0.333. The van der Waals surface area contributed by atoms with Crippen molar-refractivity contribution in [3.05, 3.63) is 34.6 Å². The number of rotatable bonds is 2. The van der Waals surface area contributed by atoms with Gasteiger partial charge in [-0.15, -0.1) is 12.4 Å². The van der Waals surface area contributed by atoms with Gasteiger partial charge >= 0.3 is 0 Å². The number of hydrogen-bond donors (Lipinski definition) is 1. The Hall–Kier alpha value is -0.310. The van der Waals surface area contributed by atoms with Crippen LogP contribution in [0.3, 0.4) is 0 Å². The molecular formula is C9H12Cl2FN. The predicted molar refractivity (Wildman–Crippen MR) is 55.9 cm³/mol. The summed E-state index contributed by atoms with van der Waals surface area (Å²) in [6.07, 6.45) is 0.821. The first kappa shape index (κ1) is 12.7. The second kappa shape index (κ2) is 5.43. The minimum absolute atomic E-state index is 0. The molecule has 0 bridgehead atoms. The van der Waals surface area contributed by atoms with Gasteiger partial charge in [-0.3, -0.25) is 0 Å². The molecule has 1 aromatic rings. The minimum Gasteiger partial charge on any atom is -0.324 e. The molecule has 0 saturated carbocycles. The average molecular weight is 224 g/mol. The molecule has 0 saturated heterocycles. The van der Waals surface area contributed by atoms with E-state index >= 15 is 0 Å². The van der Waals surface area contributed by atoms with Crippen LogP contribution in [0.1, 0.15) is 24.9 Å². The molecule has 0 unspecified atom stereocenters. The standard InChI is InChI=1S/C9H11ClFN.ClH/c1-2-9(12)6-3-4-8(11)7(10)5-6;/h3-5,9H,2,12H2,1H3;1H/t9-;/m1./s1. The number of hydrogen-bond acceptors (Lipinski definition) is 1. The Labute approximate surface area is 88.5 Å². The van der Waals surface area contributed by atoms with E-state index in [9.17, 15) is 4.39 Å². The Bertz CT molecular complexity index is 278. The first-order valence-electron chi connectivity index (χ1n) is 3.85. The molecule has 1 nitrogen and oxygen atoms in total. The molecule has 0 aliphatic heterocycles. The summed E-state index contributed by atoms with van der Waals surface area (Å²) in [5, 5.41) is 0.136. The van der Waals surface area contributed by atoms with Gasteiger partial charge < -0.3 is 5.73 Å². The van der Waals surface area contributed by atoms with Gasteiger partial charge in [-0.1, -0.05) is 24.6 Å². The molecule has 0 aromatic heterocycles. The Balaban J connectivity index is 0.00000144. The summed E-state index contributed by atoms with van der Waals surface area (Å²) in [7, 11) is 0. The molecule has 4 heteroatoms. The van der Waals surface area contributed by atoms with E-state index in [4.69, 9.17) is 17.3 Å². The van der Waals surface area contributed by atoms with E-state index in [0.717, 1.165) is 12.0 Å². The first-order valence-corrected chi connectivity index (χ1v) is 4.23. The Morgan fingerprint density at radius 1 is 1.54 bits per heavy atom. The first-order chi connectivity index (χ1) is 5.65. The molecule has 13 heavy (non-hydrogen) atoms. The van der Waals surface area contributed by atoms with Gasteiger partial charge in [0, 0.05) is 6.04 Å². The van der Waals surface area contributed by atoms with Gasteiger partial charge in [0.2, 0.25) is 0 Å². The molecule has 2 N–H and O–H groups in total. The van der Waals surface area contributed by atoms with E-state index in [0.29, 0.717) is 0 Å². The quantitative estimate of drug-likeness (QED) is 0.819. The molecule has 0 heterocycles. The highest BCUT2D eigenvalue weighted by Gasteiger charge is 2.05. The molecular weight excluding hydrogens is 212 g/mol. The molecule has 0 aliphatic carbocycles. The second-order valence-corrected chi connectivity index (χ2v) is 3.10. The Morgan fingerprint density at radius 2 is 2.15 bits per heavy atom. The van der Waals surface area contributed by atoms with Crippen LogP contribution >= 0.6 is 24.0 Å². The SMILES string of the molecule is CC[C@@H](N)c1ccc(F)c(Cl)c1.Cl. The van der Waals surface area contributed by atoms with E-state index in [2.05, 4.69) is 0 Å². The molecule has 0 amide bonds. The van der Waals surface area contributed by atoms with Crippen molar-refractivity contribution < 1.29 is 4.39 Å². The van der Waals surface area contributed by atoms with Crippen molar-refractivity contribution in [3.63, 3.8) is 0 Å². The van der Waals surface area contributed by atoms with Gasteiger partial charge in [0.25, 0.3) is 0 Å².